The molecule has 33 heavy (non-hydrogen) atoms. The Kier molecular flexibility index (Phi) is 5.30. The molecule has 1 N–H and O–H groups in total. The third kappa shape index (κ3) is 4.29. The van der Waals surface area contributed by atoms with Gasteiger partial charge in [0.15, 0.2) is 0 Å². The molecule has 0 radical (unpaired) electrons. The first-order chi connectivity index (χ1) is 15.9. The summed E-state index contributed by atoms with van der Waals surface area (Å²) < 4.78 is 18.1. The number of aromatic nitrogens is 6. The lowest BCUT2D eigenvalue weighted by atomic mass is 10.1. The van der Waals surface area contributed by atoms with Gasteiger partial charge < -0.3 is 4.90 Å². The number of aromatic amines is 1. The Hall–Kier alpha value is -3.78. The Balaban J connectivity index is 1.46. The second-order valence-electron chi connectivity index (χ2n) is 8.33. The van der Waals surface area contributed by atoms with Crippen molar-refractivity contribution in [3.8, 4) is 28.6 Å². The van der Waals surface area contributed by atoms with E-state index in [0.29, 0.717) is 22.5 Å². The molecule has 1 saturated heterocycles. The number of nitrogens with one attached hydrogen (secondary N) is 1. The van der Waals surface area contributed by atoms with Crippen LogP contribution in [0.2, 0.25) is 0 Å². The molecule has 0 aliphatic carbocycles. The van der Waals surface area contributed by atoms with Gasteiger partial charge in [0.2, 0.25) is 0 Å². The first-order valence-corrected chi connectivity index (χ1v) is 12.9. The third-order valence-corrected chi connectivity index (χ3v) is 6.43. The predicted molar refractivity (Wildman–Crippen MR) is 126 cm³/mol. The summed E-state index contributed by atoms with van der Waals surface area (Å²) in [7, 11) is -2.08. The number of anilines is 1. The zero-order valence-corrected chi connectivity index (χ0v) is 19.2. The van der Waals surface area contributed by atoms with Crippen LogP contribution in [0.25, 0.3) is 28.0 Å². The maximum Gasteiger partial charge on any atom is 0.128 e. The number of rotatable bonds is 4. The maximum atomic E-state index is 12.0. The minimum Gasteiger partial charge on any atom is -0.356 e. The summed E-state index contributed by atoms with van der Waals surface area (Å²) in [5, 5.41) is 20.7. The van der Waals surface area contributed by atoms with Gasteiger partial charge in [-0.25, -0.2) is 18.8 Å². The Morgan fingerprint density at radius 2 is 2.00 bits per heavy atom. The van der Waals surface area contributed by atoms with Crippen LogP contribution in [0.15, 0.2) is 47.5 Å². The van der Waals surface area contributed by atoms with Crippen LogP contribution in [-0.2, 0) is 9.73 Å². The van der Waals surface area contributed by atoms with E-state index in [-0.39, 0.29) is 6.04 Å². The van der Waals surface area contributed by atoms with Crippen molar-refractivity contribution in [2.75, 3.05) is 30.5 Å². The molecule has 0 bridgehead atoms. The highest BCUT2D eigenvalue weighted by Gasteiger charge is 2.21. The lowest BCUT2D eigenvalue weighted by Crippen LogP contribution is -2.36. The lowest BCUT2D eigenvalue weighted by molar-refractivity contribution is 0.502. The van der Waals surface area contributed by atoms with E-state index in [9.17, 15) is 9.47 Å². The average molecular weight is 462 g/mol. The Morgan fingerprint density at radius 3 is 2.64 bits per heavy atom. The summed E-state index contributed by atoms with van der Waals surface area (Å²) in [6, 6.07) is 6.28. The van der Waals surface area contributed by atoms with Crippen LogP contribution in [0.1, 0.15) is 18.4 Å². The molecule has 5 rings (SSSR count). The molecule has 5 heterocycles. The van der Waals surface area contributed by atoms with Gasteiger partial charge in [-0.3, -0.25) is 9.31 Å². The standard InChI is InChI=1S/C22H23N9OS/c1-33(2,32)29-18-5-7-30(8-6-18)20-4-3-15(10-24-20)21-22-16(9-23)13-27-31(22)14-19(28-21)17-11-25-26-12-17/h3-4,10-14,18H,5-8H2,1-2H3,(H,25,26). The highest BCUT2D eigenvalue weighted by Crippen LogP contribution is 2.29. The molecule has 0 saturated carbocycles. The van der Waals surface area contributed by atoms with Crippen LogP contribution >= 0.6 is 0 Å². The second kappa shape index (κ2) is 8.29. The van der Waals surface area contributed by atoms with Crippen molar-refractivity contribution < 1.29 is 4.21 Å². The highest BCUT2D eigenvalue weighted by molar-refractivity contribution is 7.92. The lowest BCUT2D eigenvalue weighted by Gasteiger charge is -2.31. The van der Waals surface area contributed by atoms with Gasteiger partial charge in [0.25, 0.3) is 0 Å². The quantitative estimate of drug-likeness (QED) is 0.495. The Labute approximate surface area is 191 Å². The van der Waals surface area contributed by atoms with Crippen LogP contribution in [0.3, 0.4) is 0 Å². The summed E-state index contributed by atoms with van der Waals surface area (Å²) in [6.45, 7) is 1.63. The number of pyridine rings is 1. The number of hydrogen-bond acceptors (Lipinski definition) is 8. The molecule has 0 aromatic carbocycles. The van der Waals surface area contributed by atoms with E-state index in [1.807, 2.05) is 12.1 Å². The van der Waals surface area contributed by atoms with Crippen molar-refractivity contribution in [3.05, 3.63) is 48.7 Å². The smallest absolute Gasteiger partial charge is 0.128 e. The topological polar surface area (TPSA) is 128 Å². The Bertz CT molecular complexity index is 1440. The molecule has 0 amide bonds. The summed E-state index contributed by atoms with van der Waals surface area (Å²) in [6.07, 6.45) is 13.7. The normalized spacial score (nSPS) is 15.0. The van der Waals surface area contributed by atoms with E-state index in [1.54, 1.807) is 48.0 Å². The predicted octanol–water partition coefficient (Wildman–Crippen LogP) is 2.75. The SMILES string of the molecule is CS(C)(=O)=NC1CCN(c2ccc(-c3nc(-c4cn[nH]c4)cn4ncc(C#N)c34)cn2)CC1. The number of fused-ring (bicyclic) bond motifs is 1. The molecule has 4 aromatic heterocycles. The van der Waals surface area contributed by atoms with Crippen LogP contribution in [0.4, 0.5) is 5.82 Å². The molecule has 1 fully saturated rings. The van der Waals surface area contributed by atoms with Gasteiger partial charge in [-0.2, -0.15) is 15.5 Å². The van der Waals surface area contributed by atoms with Crippen LogP contribution in [-0.4, -0.2) is 65.6 Å². The van der Waals surface area contributed by atoms with Crippen molar-refractivity contribution in [2.24, 2.45) is 4.36 Å². The van der Waals surface area contributed by atoms with Crippen LogP contribution < -0.4 is 4.90 Å². The van der Waals surface area contributed by atoms with Gasteiger partial charge in [-0.1, -0.05) is 0 Å². The minimum atomic E-state index is -2.08. The van der Waals surface area contributed by atoms with E-state index < -0.39 is 9.73 Å². The fraction of sp³-hybridized carbons (Fsp3) is 0.318. The number of hydrogen-bond donors (Lipinski definition) is 1. The van der Waals surface area contributed by atoms with Crippen molar-refractivity contribution >= 4 is 21.1 Å². The monoisotopic (exact) mass is 461 g/mol. The van der Waals surface area contributed by atoms with Gasteiger partial charge >= 0.3 is 0 Å². The molecular weight excluding hydrogens is 438 g/mol. The van der Waals surface area contributed by atoms with E-state index in [2.05, 4.69) is 35.6 Å². The number of H-pyrrole nitrogens is 1. The van der Waals surface area contributed by atoms with E-state index in [1.165, 1.54) is 0 Å². The molecule has 168 valence electrons. The molecular formula is C22H23N9OS. The van der Waals surface area contributed by atoms with E-state index >= 15 is 0 Å². The molecule has 0 spiro atoms. The van der Waals surface area contributed by atoms with E-state index in [0.717, 1.165) is 42.9 Å². The number of nitrogens with zero attached hydrogens (tertiary/aromatic N) is 8. The largest absolute Gasteiger partial charge is 0.356 e. The number of nitriles is 1. The van der Waals surface area contributed by atoms with Gasteiger partial charge in [0.1, 0.15) is 23.0 Å². The van der Waals surface area contributed by atoms with Crippen molar-refractivity contribution in [3.63, 3.8) is 0 Å². The molecule has 4 aromatic rings. The van der Waals surface area contributed by atoms with Crippen LogP contribution in [0, 0.1) is 11.3 Å². The van der Waals surface area contributed by atoms with Crippen molar-refractivity contribution in [2.45, 2.75) is 18.9 Å². The van der Waals surface area contributed by atoms with E-state index in [4.69, 9.17) is 4.98 Å². The first kappa shape index (κ1) is 21.1. The zero-order chi connectivity index (χ0) is 23.0. The summed E-state index contributed by atoms with van der Waals surface area (Å²) >= 11 is 0. The third-order valence-electron chi connectivity index (χ3n) is 5.62. The molecule has 11 heteroatoms. The van der Waals surface area contributed by atoms with Gasteiger partial charge in [0, 0.05) is 58.9 Å². The summed E-state index contributed by atoms with van der Waals surface area (Å²) in [5.74, 6) is 0.877. The fourth-order valence-electron chi connectivity index (χ4n) is 4.10. The maximum absolute atomic E-state index is 12.0. The fourth-order valence-corrected chi connectivity index (χ4v) is 5.03. The first-order valence-electron chi connectivity index (χ1n) is 10.6. The summed E-state index contributed by atoms with van der Waals surface area (Å²) in [5.41, 5.74) is 4.05. The molecule has 0 unspecified atom stereocenters. The van der Waals surface area contributed by atoms with Gasteiger partial charge in [-0.15, -0.1) is 0 Å². The highest BCUT2D eigenvalue weighted by atomic mass is 32.2. The molecule has 1 aliphatic heterocycles. The summed E-state index contributed by atoms with van der Waals surface area (Å²) in [4.78, 5) is 11.7. The zero-order valence-electron chi connectivity index (χ0n) is 18.3. The van der Waals surface area contributed by atoms with Crippen molar-refractivity contribution in [1.82, 2.24) is 29.8 Å². The van der Waals surface area contributed by atoms with Crippen molar-refractivity contribution in [1.29, 1.82) is 5.26 Å². The Morgan fingerprint density at radius 1 is 1.18 bits per heavy atom. The average Bonchev–Trinajstić information content (AvgIpc) is 3.48. The molecule has 10 nitrogen and oxygen atoms in total. The minimum absolute atomic E-state index is 0.137. The second-order valence-corrected chi connectivity index (χ2v) is 10.9. The number of piperidine rings is 1. The van der Waals surface area contributed by atoms with Gasteiger partial charge in [0.05, 0.1) is 36.0 Å². The molecule has 0 atom stereocenters. The van der Waals surface area contributed by atoms with Crippen LogP contribution in [0.5, 0.6) is 0 Å². The van der Waals surface area contributed by atoms with Gasteiger partial charge in [-0.05, 0) is 25.0 Å². The molecule has 1 aliphatic rings.